The number of aryl methyl sites for hydroxylation is 1. The van der Waals surface area contributed by atoms with Crippen molar-refractivity contribution in [2.75, 3.05) is 25.3 Å². The summed E-state index contributed by atoms with van der Waals surface area (Å²) in [7, 11) is 1.51. The van der Waals surface area contributed by atoms with E-state index in [1.54, 1.807) is 0 Å². The number of carbonyl (C=O) groups excluding carboxylic acids is 1. The molecule has 158 valence electrons. The Morgan fingerprint density at radius 3 is 2.74 bits per heavy atom. The van der Waals surface area contributed by atoms with Crippen LogP contribution in [0.3, 0.4) is 0 Å². The minimum absolute atomic E-state index is 0.0210. The van der Waals surface area contributed by atoms with E-state index in [0.29, 0.717) is 6.61 Å². The first kappa shape index (κ1) is 19.2. The van der Waals surface area contributed by atoms with Crippen LogP contribution in [0.5, 0.6) is 5.75 Å². The number of ether oxygens (including phenoxy) is 2. The Labute approximate surface area is 186 Å². The largest absolute Gasteiger partial charge is 0.492 e. The van der Waals surface area contributed by atoms with Crippen molar-refractivity contribution in [1.29, 1.82) is 0 Å². The molecule has 2 fully saturated rings. The molecule has 0 unspecified atom stereocenters. The number of hydrogen-bond donors (Lipinski definition) is 0. The summed E-state index contributed by atoms with van der Waals surface area (Å²) in [4.78, 5) is 16.2. The molecule has 4 atom stereocenters. The van der Waals surface area contributed by atoms with Gasteiger partial charge in [0.1, 0.15) is 17.8 Å². The van der Waals surface area contributed by atoms with Gasteiger partial charge in [0.15, 0.2) is 0 Å². The molecule has 0 aliphatic carbocycles. The third-order valence-corrected chi connectivity index (χ3v) is 8.44. The highest BCUT2D eigenvalue weighted by Crippen LogP contribution is 2.65. The fourth-order valence-corrected chi connectivity index (χ4v) is 7.37. The Balaban J connectivity index is 1.64. The van der Waals surface area contributed by atoms with Gasteiger partial charge < -0.3 is 9.47 Å². The van der Waals surface area contributed by atoms with E-state index >= 15 is 0 Å². The van der Waals surface area contributed by atoms with E-state index in [-0.39, 0.29) is 24.0 Å². The molecule has 3 aliphatic heterocycles. The van der Waals surface area contributed by atoms with Gasteiger partial charge >= 0.3 is 5.97 Å². The van der Waals surface area contributed by atoms with Crippen LogP contribution in [0.2, 0.25) is 0 Å². The number of benzene rings is 3. The summed E-state index contributed by atoms with van der Waals surface area (Å²) in [6.07, 6.45) is 0. The summed E-state index contributed by atoms with van der Waals surface area (Å²) in [5, 5.41) is 2.34. The van der Waals surface area contributed by atoms with Crippen LogP contribution in [0.25, 0.3) is 10.8 Å². The van der Waals surface area contributed by atoms with Crippen molar-refractivity contribution in [1.82, 2.24) is 4.90 Å². The molecular weight excluding hydrogens is 406 g/mol. The van der Waals surface area contributed by atoms with Gasteiger partial charge in [-0.15, -0.1) is 11.8 Å². The first-order chi connectivity index (χ1) is 15.1. The Kier molecular flexibility index (Phi) is 4.34. The number of carbonyl (C=O) groups is 1. The van der Waals surface area contributed by atoms with E-state index in [1.165, 1.54) is 23.6 Å². The second-order valence-corrected chi connectivity index (χ2v) is 9.89. The highest BCUT2D eigenvalue weighted by atomic mass is 32.2. The SMILES string of the molecule is COC(=O)[C@@]12COc3ccc4ccccc4c3[C@H]1N1CSC[C@@H]1[C@H]2c1ccc(C)cc1. The third-order valence-electron chi connectivity index (χ3n) is 7.39. The minimum atomic E-state index is -0.771. The van der Waals surface area contributed by atoms with Crippen molar-refractivity contribution in [2.24, 2.45) is 5.41 Å². The number of nitrogens with zero attached hydrogens (tertiary/aromatic N) is 1. The Bertz CT molecular complexity index is 1180. The summed E-state index contributed by atoms with van der Waals surface area (Å²) in [6.45, 7) is 2.44. The monoisotopic (exact) mass is 431 g/mol. The van der Waals surface area contributed by atoms with Gasteiger partial charge in [-0.1, -0.05) is 60.2 Å². The van der Waals surface area contributed by atoms with Gasteiger partial charge in [0, 0.05) is 29.2 Å². The molecule has 0 saturated carbocycles. The molecule has 0 N–H and O–H groups in total. The number of esters is 1. The molecule has 6 rings (SSSR count). The van der Waals surface area contributed by atoms with E-state index in [0.717, 1.165) is 28.3 Å². The molecule has 4 nitrogen and oxygen atoms in total. The van der Waals surface area contributed by atoms with Crippen molar-refractivity contribution in [3.8, 4) is 5.75 Å². The van der Waals surface area contributed by atoms with Crippen molar-refractivity contribution < 1.29 is 14.3 Å². The molecule has 0 spiro atoms. The predicted octanol–water partition coefficient (Wildman–Crippen LogP) is 4.91. The van der Waals surface area contributed by atoms with Crippen LogP contribution >= 0.6 is 11.8 Å². The third kappa shape index (κ3) is 2.56. The van der Waals surface area contributed by atoms with Crippen LogP contribution in [-0.2, 0) is 9.53 Å². The standard InChI is InChI=1S/C26H25NO3S/c1-16-7-9-18(10-8-16)23-20-13-31-15-27(20)24-22-19-6-4-3-5-17(19)11-12-21(22)30-14-26(23,24)25(28)29-2/h3-12,20,23-24H,13-15H2,1-2H3/t20-,23-,24-,26-/m1/s1. The van der Waals surface area contributed by atoms with Gasteiger partial charge in [0.2, 0.25) is 0 Å². The zero-order chi connectivity index (χ0) is 21.2. The lowest BCUT2D eigenvalue weighted by Crippen LogP contribution is -2.49. The highest BCUT2D eigenvalue weighted by molar-refractivity contribution is 7.99. The first-order valence-electron chi connectivity index (χ1n) is 10.8. The molecular formula is C26H25NO3S. The van der Waals surface area contributed by atoms with Gasteiger partial charge in [-0.25, -0.2) is 0 Å². The van der Waals surface area contributed by atoms with Crippen LogP contribution in [0.1, 0.15) is 28.7 Å². The van der Waals surface area contributed by atoms with E-state index in [2.05, 4.69) is 72.5 Å². The van der Waals surface area contributed by atoms with Crippen molar-refractivity contribution in [3.63, 3.8) is 0 Å². The van der Waals surface area contributed by atoms with Crippen LogP contribution in [0, 0.1) is 12.3 Å². The fraction of sp³-hybridized carbons (Fsp3) is 0.346. The summed E-state index contributed by atoms with van der Waals surface area (Å²) in [5.41, 5.74) is 2.78. The van der Waals surface area contributed by atoms with E-state index < -0.39 is 5.41 Å². The Morgan fingerprint density at radius 1 is 1.13 bits per heavy atom. The molecule has 5 heteroatoms. The van der Waals surface area contributed by atoms with E-state index in [9.17, 15) is 4.79 Å². The Morgan fingerprint density at radius 2 is 1.94 bits per heavy atom. The molecule has 2 saturated heterocycles. The zero-order valence-electron chi connectivity index (χ0n) is 17.7. The second kappa shape index (κ2) is 7.01. The second-order valence-electron chi connectivity index (χ2n) is 8.89. The summed E-state index contributed by atoms with van der Waals surface area (Å²) in [6, 6.07) is 21.5. The van der Waals surface area contributed by atoms with Crippen LogP contribution in [0.15, 0.2) is 60.7 Å². The molecule has 3 heterocycles. The van der Waals surface area contributed by atoms with Crippen LogP contribution < -0.4 is 4.74 Å². The number of fused-ring (bicyclic) bond motifs is 7. The Hall–Kier alpha value is -2.50. The lowest BCUT2D eigenvalue weighted by molar-refractivity contribution is -0.159. The molecule has 31 heavy (non-hydrogen) atoms. The summed E-state index contributed by atoms with van der Waals surface area (Å²) in [5.74, 6) is 2.67. The highest BCUT2D eigenvalue weighted by Gasteiger charge is 2.68. The lowest BCUT2D eigenvalue weighted by atomic mass is 9.66. The molecule has 3 aromatic carbocycles. The number of rotatable bonds is 2. The van der Waals surface area contributed by atoms with Crippen LogP contribution in [-0.4, -0.2) is 42.3 Å². The lowest BCUT2D eigenvalue weighted by Gasteiger charge is -2.43. The summed E-state index contributed by atoms with van der Waals surface area (Å²) < 4.78 is 11.9. The smallest absolute Gasteiger partial charge is 0.317 e. The number of thioether (sulfide) groups is 1. The van der Waals surface area contributed by atoms with E-state index in [4.69, 9.17) is 9.47 Å². The average molecular weight is 432 g/mol. The number of hydrogen-bond acceptors (Lipinski definition) is 5. The van der Waals surface area contributed by atoms with Gasteiger partial charge in [-0.2, -0.15) is 0 Å². The van der Waals surface area contributed by atoms with Crippen molar-refractivity contribution in [3.05, 3.63) is 77.4 Å². The average Bonchev–Trinajstić information content (AvgIpc) is 3.38. The normalized spacial score (nSPS) is 29.2. The van der Waals surface area contributed by atoms with Crippen LogP contribution in [0.4, 0.5) is 0 Å². The first-order valence-corrected chi connectivity index (χ1v) is 11.9. The molecule has 0 bridgehead atoms. The van der Waals surface area contributed by atoms with E-state index in [1.807, 2.05) is 11.8 Å². The topological polar surface area (TPSA) is 38.8 Å². The molecule has 0 aromatic heterocycles. The zero-order valence-corrected chi connectivity index (χ0v) is 18.5. The van der Waals surface area contributed by atoms with Crippen molar-refractivity contribution >= 4 is 28.5 Å². The van der Waals surface area contributed by atoms with Gasteiger partial charge in [0.25, 0.3) is 0 Å². The molecule has 0 amide bonds. The minimum Gasteiger partial charge on any atom is -0.492 e. The van der Waals surface area contributed by atoms with Crippen molar-refractivity contribution in [2.45, 2.75) is 24.9 Å². The maximum absolute atomic E-state index is 13.7. The predicted molar refractivity (Wildman–Crippen MR) is 124 cm³/mol. The van der Waals surface area contributed by atoms with Gasteiger partial charge in [0.05, 0.1) is 13.2 Å². The maximum Gasteiger partial charge on any atom is 0.317 e. The maximum atomic E-state index is 13.7. The quantitative estimate of drug-likeness (QED) is 0.539. The molecule has 3 aliphatic rings. The summed E-state index contributed by atoms with van der Waals surface area (Å²) >= 11 is 1.95. The molecule has 0 radical (unpaired) electrons. The van der Waals surface area contributed by atoms with Gasteiger partial charge in [-0.05, 0) is 29.3 Å². The fourth-order valence-electron chi connectivity index (χ4n) is 6.09. The molecule has 3 aromatic rings. The van der Waals surface area contributed by atoms with Gasteiger partial charge in [-0.3, -0.25) is 9.69 Å². The number of methoxy groups -OCH3 is 1.